The Morgan fingerprint density at radius 2 is 1.68 bits per heavy atom. The maximum Gasteiger partial charge on any atom is 0.319 e. The Morgan fingerprint density at radius 3 is 2.32 bits per heavy atom. The maximum atomic E-state index is 12.8. The van der Waals surface area contributed by atoms with Gasteiger partial charge in [0.05, 0.1) is 11.6 Å². The minimum atomic E-state index is -0.751. The molecular formula is C18H15Cl2N3O2. The van der Waals surface area contributed by atoms with Gasteiger partial charge in [0.15, 0.2) is 0 Å². The van der Waals surface area contributed by atoms with Crippen LogP contribution in [0.3, 0.4) is 0 Å². The van der Waals surface area contributed by atoms with Crippen LogP contribution in [0.1, 0.15) is 18.5 Å². The van der Waals surface area contributed by atoms with Gasteiger partial charge in [0.1, 0.15) is 0 Å². The van der Waals surface area contributed by atoms with E-state index in [1.807, 2.05) is 18.2 Å². The molecule has 1 aliphatic heterocycles. The highest BCUT2D eigenvalue weighted by Crippen LogP contribution is 2.36. The fourth-order valence-electron chi connectivity index (χ4n) is 2.72. The zero-order valence-corrected chi connectivity index (χ0v) is 14.8. The van der Waals surface area contributed by atoms with E-state index in [9.17, 15) is 9.59 Å². The van der Waals surface area contributed by atoms with Crippen LogP contribution in [-0.2, 0) is 4.79 Å². The van der Waals surface area contributed by atoms with Crippen LogP contribution in [0.15, 0.2) is 59.8 Å². The number of amides is 3. The first-order chi connectivity index (χ1) is 12.0. The van der Waals surface area contributed by atoms with Gasteiger partial charge in [-0.05, 0) is 31.2 Å². The van der Waals surface area contributed by atoms with Gasteiger partial charge in [-0.15, -0.1) is 0 Å². The van der Waals surface area contributed by atoms with Crippen molar-refractivity contribution in [3.63, 3.8) is 0 Å². The summed E-state index contributed by atoms with van der Waals surface area (Å²) in [7, 11) is 0. The normalized spacial score (nSPS) is 16.9. The van der Waals surface area contributed by atoms with Crippen molar-refractivity contribution in [2.45, 2.75) is 13.0 Å². The van der Waals surface area contributed by atoms with Crippen molar-refractivity contribution in [2.75, 3.05) is 5.32 Å². The monoisotopic (exact) mass is 375 g/mol. The number of anilines is 1. The minimum absolute atomic E-state index is 0.346. The Labute approximate surface area is 155 Å². The third-order valence-electron chi connectivity index (χ3n) is 3.83. The van der Waals surface area contributed by atoms with E-state index >= 15 is 0 Å². The average Bonchev–Trinajstić information content (AvgIpc) is 2.55. The number of carbonyl (C=O) groups is 2. The van der Waals surface area contributed by atoms with Crippen molar-refractivity contribution in [1.82, 2.24) is 10.6 Å². The molecule has 128 valence electrons. The van der Waals surface area contributed by atoms with Crippen LogP contribution in [0.25, 0.3) is 0 Å². The number of carbonyl (C=O) groups excluding carboxylic acids is 2. The van der Waals surface area contributed by atoms with Crippen LogP contribution in [0.2, 0.25) is 10.0 Å². The van der Waals surface area contributed by atoms with E-state index in [0.717, 1.165) is 0 Å². The molecule has 0 fully saturated rings. The molecule has 0 bridgehead atoms. The molecule has 25 heavy (non-hydrogen) atoms. The highest BCUT2D eigenvalue weighted by molar-refractivity contribution is 6.36. The molecule has 3 rings (SSSR count). The summed E-state index contributed by atoms with van der Waals surface area (Å²) in [5, 5.41) is 8.91. The van der Waals surface area contributed by atoms with Crippen molar-refractivity contribution in [2.24, 2.45) is 0 Å². The minimum Gasteiger partial charge on any atom is -0.327 e. The Balaban J connectivity index is 2.02. The predicted octanol–water partition coefficient (Wildman–Crippen LogP) is 4.26. The number of hydrogen-bond donors (Lipinski definition) is 3. The van der Waals surface area contributed by atoms with Gasteiger partial charge in [-0.2, -0.15) is 0 Å². The summed E-state index contributed by atoms with van der Waals surface area (Å²) in [4.78, 5) is 24.8. The number of halogens is 2. The molecule has 7 heteroatoms. The summed E-state index contributed by atoms with van der Waals surface area (Å²) in [5.41, 5.74) is 1.92. The van der Waals surface area contributed by atoms with Crippen LogP contribution >= 0.6 is 23.2 Å². The van der Waals surface area contributed by atoms with E-state index in [1.165, 1.54) is 0 Å². The summed E-state index contributed by atoms with van der Waals surface area (Å²) in [6, 6.07) is 12.9. The van der Waals surface area contributed by atoms with Crippen molar-refractivity contribution >= 4 is 40.8 Å². The second-order valence-electron chi connectivity index (χ2n) is 5.53. The van der Waals surface area contributed by atoms with E-state index in [4.69, 9.17) is 23.2 Å². The van der Waals surface area contributed by atoms with E-state index in [-0.39, 0.29) is 5.91 Å². The molecular weight excluding hydrogens is 361 g/mol. The van der Waals surface area contributed by atoms with Gasteiger partial charge in [-0.25, -0.2) is 4.79 Å². The van der Waals surface area contributed by atoms with Crippen molar-refractivity contribution < 1.29 is 9.59 Å². The first-order valence-corrected chi connectivity index (χ1v) is 8.31. The Morgan fingerprint density at radius 1 is 1.04 bits per heavy atom. The Kier molecular flexibility index (Phi) is 4.97. The molecule has 0 aliphatic carbocycles. The average molecular weight is 376 g/mol. The smallest absolute Gasteiger partial charge is 0.319 e. The van der Waals surface area contributed by atoms with Crippen molar-refractivity contribution in [3.8, 4) is 0 Å². The van der Waals surface area contributed by atoms with Gasteiger partial charge in [0.2, 0.25) is 0 Å². The molecule has 0 aromatic heterocycles. The maximum absolute atomic E-state index is 12.8. The number of benzene rings is 2. The van der Waals surface area contributed by atoms with Gasteiger partial charge in [-0.3, -0.25) is 4.79 Å². The Hall–Kier alpha value is -2.50. The number of para-hydroxylation sites is 1. The molecule has 2 aromatic carbocycles. The second kappa shape index (κ2) is 7.17. The Bertz CT molecular complexity index is 846. The van der Waals surface area contributed by atoms with Crippen LogP contribution < -0.4 is 16.0 Å². The summed E-state index contributed by atoms with van der Waals surface area (Å²) < 4.78 is 0. The molecule has 1 heterocycles. The predicted molar refractivity (Wildman–Crippen MR) is 98.6 cm³/mol. The molecule has 0 radical (unpaired) electrons. The second-order valence-corrected chi connectivity index (χ2v) is 6.34. The lowest BCUT2D eigenvalue weighted by Gasteiger charge is -2.29. The van der Waals surface area contributed by atoms with E-state index < -0.39 is 12.1 Å². The molecule has 5 nitrogen and oxygen atoms in total. The van der Waals surface area contributed by atoms with E-state index in [1.54, 1.807) is 37.3 Å². The van der Waals surface area contributed by atoms with E-state index in [0.29, 0.717) is 32.6 Å². The van der Waals surface area contributed by atoms with Crippen LogP contribution in [0, 0.1) is 0 Å². The number of allylic oxidation sites excluding steroid dienone is 1. The van der Waals surface area contributed by atoms with Gasteiger partial charge in [0.25, 0.3) is 5.91 Å². The van der Waals surface area contributed by atoms with Gasteiger partial charge >= 0.3 is 6.03 Å². The highest BCUT2D eigenvalue weighted by Gasteiger charge is 2.33. The molecule has 3 amide bonds. The van der Waals surface area contributed by atoms with Crippen molar-refractivity contribution in [3.05, 3.63) is 75.4 Å². The highest BCUT2D eigenvalue weighted by atomic mass is 35.5. The largest absolute Gasteiger partial charge is 0.327 e. The molecule has 1 aliphatic rings. The molecule has 0 unspecified atom stereocenters. The number of nitrogens with one attached hydrogen (secondary N) is 3. The van der Waals surface area contributed by atoms with Gasteiger partial charge < -0.3 is 16.0 Å². The molecule has 0 saturated heterocycles. The molecule has 2 aromatic rings. The fraction of sp³-hybridized carbons (Fsp3) is 0.111. The lowest BCUT2D eigenvalue weighted by Crippen LogP contribution is -2.46. The standard InChI is InChI=1S/C18H15Cl2N3O2/c1-10-14(17(24)22-11-6-3-2-4-7-11)16(23-18(25)21-10)15-12(19)8-5-9-13(15)20/h2-9,16H,1H3,(H,22,24)(H2,21,23,25)/t16-/m0/s1. The molecule has 1 atom stereocenters. The summed E-state index contributed by atoms with van der Waals surface area (Å²) in [5.74, 6) is -0.350. The third kappa shape index (κ3) is 3.62. The number of rotatable bonds is 3. The van der Waals surface area contributed by atoms with Crippen LogP contribution in [0.5, 0.6) is 0 Å². The van der Waals surface area contributed by atoms with E-state index in [2.05, 4.69) is 16.0 Å². The zero-order valence-electron chi connectivity index (χ0n) is 13.3. The topological polar surface area (TPSA) is 70.2 Å². The molecule has 3 N–H and O–H groups in total. The lowest BCUT2D eigenvalue weighted by atomic mass is 9.94. The van der Waals surface area contributed by atoms with Gasteiger partial charge in [0, 0.05) is 27.0 Å². The SMILES string of the molecule is CC1=C(C(=O)Nc2ccccc2)[C@@H](c2c(Cl)cccc2Cl)NC(=O)N1. The van der Waals surface area contributed by atoms with Crippen molar-refractivity contribution in [1.29, 1.82) is 0 Å². The summed E-state index contributed by atoms with van der Waals surface area (Å²) >= 11 is 12.6. The fourth-order valence-corrected chi connectivity index (χ4v) is 3.33. The zero-order chi connectivity index (χ0) is 18.0. The molecule has 0 spiro atoms. The summed E-state index contributed by atoms with van der Waals surface area (Å²) in [6.07, 6.45) is 0. The molecule has 0 saturated carbocycles. The first-order valence-electron chi connectivity index (χ1n) is 7.56. The van der Waals surface area contributed by atoms with Crippen LogP contribution in [-0.4, -0.2) is 11.9 Å². The lowest BCUT2D eigenvalue weighted by molar-refractivity contribution is -0.113. The quantitative estimate of drug-likeness (QED) is 0.749. The number of hydrogen-bond acceptors (Lipinski definition) is 2. The van der Waals surface area contributed by atoms with Gasteiger partial charge in [-0.1, -0.05) is 47.5 Å². The third-order valence-corrected chi connectivity index (χ3v) is 4.49. The van der Waals surface area contributed by atoms with Crippen LogP contribution in [0.4, 0.5) is 10.5 Å². The number of urea groups is 1. The summed E-state index contributed by atoms with van der Waals surface area (Å²) in [6.45, 7) is 1.66. The first kappa shape index (κ1) is 17.3.